The van der Waals surface area contributed by atoms with Crippen LogP contribution in [0.4, 0.5) is 22.7 Å². The molecule has 0 aliphatic carbocycles. The van der Waals surface area contributed by atoms with Gasteiger partial charge in [0.25, 0.3) is 0 Å². The first-order chi connectivity index (χ1) is 20.9. The van der Waals surface area contributed by atoms with Crippen molar-refractivity contribution < 1.29 is 9.59 Å². The smallest absolute Gasteiger partial charge is 0.248 e. The van der Waals surface area contributed by atoms with Crippen LogP contribution in [0.15, 0.2) is 119 Å². The summed E-state index contributed by atoms with van der Waals surface area (Å²) < 4.78 is 0. The first-order valence-corrected chi connectivity index (χ1v) is 14.7. The Kier molecular flexibility index (Phi) is 10.1. The van der Waals surface area contributed by atoms with Crippen LogP contribution < -0.4 is 10.6 Å². The first kappa shape index (κ1) is 31.8. The minimum atomic E-state index is -0.330. The summed E-state index contributed by atoms with van der Waals surface area (Å²) in [5, 5.41) is 14.4. The molecule has 0 saturated carbocycles. The van der Waals surface area contributed by atoms with Gasteiger partial charge in [-0.3, -0.25) is 9.59 Å². The third-order valence-electron chi connectivity index (χ3n) is 6.96. The number of azo groups is 1. The summed E-state index contributed by atoms with van der Waals surface area (Å²) in [6.45, 7) is 13.0. The molecule has 0 aromatic heterocycles. The summed E-state index contributed by atoms with van der Waals surface area (Å²) in [4.78, 5) is 25.7. The zero-order chi connectivity index (χ0) is 31.7. The number of anilines is 2. The molecule has 0 heterocycles. The lowest BCUT2D eigenvalue weighted by atomic mass is 9.87. The lowest BCUT2D eigenvalue weighted by Gasteiger charge is -2.18. The van der Waals surface area contributed by atoms with Crippen LogP contribution in [0, 0.1) is 0 Å². The topological polar surface area (TPSA) is 82.9 Å². The third kappa shape index (κ3) is 9.46. The van der Waals surface area contributed by atoms with Crippen molar-refractivity contribution in [2.24, 2.45) is 10.2 Å². The van der Waals surface area contributed by atoms with Crippen LogP contribution in [0.25, 0.3) is 12.2 Å². The van der Waals surface area contributed by atoms with Gasteiger partial charge in [-0.05, 0) is 75.6 Å². The van der Waals surface area contributed by atoms with Crippen LogP contribution in [0.1, 0.15) is 63.8 Å². The van der Waals surface area contributed by atoms with E-state index in [1.165, 1.54) is 23.3 Å². The molecule has 0 unspecified atom stereocenters. The monoisotopic (exact) mass is 584 g/mol. The van der Waals surface area contributed by atoms with Crippen LogP contribution in [0.5, 0.6) is 0 Å². The Labute approximate surface area is 260 Å². The minimum Gasteiger partial charge on any atom is -0.322 e. The Hall–Kier alpha value is -5.10. The molecule has 0 aliphatic heterocycles. The number of carbonyl (C=O) groups excluding carboxylic acids is 2. The zero-order valence-electron chi connectivity index (χ0n) is 26.3. The summed E-state index contributed by atoms with van der Waals surface area (Å²) in [5.41, 5.74) is 6.48. The van der Waals surface area contributed by atoms with Gasteiger partial charge >= 0.3 is 0 Å². The Bertz CT molecular complexity index is 1670. The fourth-order valence-electron chi connectivity index (χ4n) is 4.30. The minimum absolute atomic E-state index is 0.0538. The fourth-order valence-corrected chi connectivity index (χ4v) is 4.30. The second-order valence-electron chi connectivity index (χ2n) is 12.7. The van der Waals surface area contributed by atoms with Gasteiger partial charge in [0.15, 0.2) is 0 Å². The number of benzene rings is 4. The first-order valence-electron chi connectivity index (χ1n) is 14.7. The van der Waals surface area contributed by atoms with Crippen molar-refractivity contribution in [1.82, 2.24) is 0 Å². The zero-order valence-corrected chi connectivity index (χ0v) is 26.3. The maximum Gasteiger partial charge on any atom is 0.248 e. The Morgan fingerprint density at radius 1 is 0.591 bits per heavy atom. The van der Waals surface area contributed by atoms with E-state index in [2.05, 4.69) is 86.7 Å². The molecule has 4 aromatic rings. The molecule has 0 atom stereocenters. The lowest BCUT2D eigenvalue weighted by molar-refractivity contribution is -0.112. The molecule has 224 valence electrons. The van der Waals surface area contributed by atoms with Crippen molar-refractivity contribution in [3.63, 3.8) is 0 Å². The highest BCUT2D eigenvalue weighted by Crippen LogP contribution is 2.31. The van der Waals surface area contributed by atoms with Crippen molar-refractivity contribution >= 4 is 46.7 Å². The normalized spacial score (nSPS) is 12.2. The van der Waals surface area contributed by atoms with Gasteiger partial charge in [-0.2, -0.15) is 5.11 Å². The number of amides is 2. The van der Waals surface area contributed by atoms with Crippen LogP contribution in [-0.2, 0) is 20.4 Å². The molecule has 2 amide bonds. The van der Waals surface area contributed by atoms with Gasteiger partial charge in [0.2, 0.25) is 11.8 Å². The fraction of sp³-hybridized carbons (Fsp3) is 0.211. The van der Waals surface area contributed by atoms with Gasteiger partial charge < -0.3 is 10.6 Å². The third-order valence-corrected chi connectivity index (χ3v) is 6.96. The molecule has 0 radical (unpaired) electrons. The molecule has 0 spiro atoms. The van der Waals surface area contributed by atoms with Crippen LogP contribution >= 0.6 is 0 Å². The average molecular weight is 585 g/mol. The summed E-state index contributed by atoms with van der Waals surface area (Å²) in [5.74, 6) is -0.623. The second kappa shape index (κ2) is 13.9. The molecule has 6 nitrogen and oxygen atoms in total. The highest BCUT2D eigenvalue weighted by atomic mass is 16.2. The van der Waals surface area contributed by atoms with Gasteiger partial charge in [-0.25, -0.2) is 0 Å². The van der Waals surface area contributed by atoms with Crippen molar-refractivity contribution in [2.45, 2.75) is 52.4 Å². The van der Waals surface area contributed by atoms with E-state index in [4.69, 9.17) is 0 Å². The number of rotatable bonds is 8. The molecule has 44 heavy (non-hydrogen) atoms. The van der Waals surface area contributed by atoms with E-state index in [1.807, 2.05) is 54.6 Å². The summed E-state index contributed by atoms with van der Waals surface area (Å²) in [6.07, 6.45) is 6.49. The van der Waals surface area contributed by atoms with E-state index in [0.717, 1.165) is 11.1 Å². The number of nitrogens with zero attached hydrogens (tertiary/aromatic N) is 2. The number of carbonyl (C=O) groups is 2. The van der Waals surface area contributed by atoms with Gasteiger partial charge in [0, 0.05) is 17.8 Å². The van der Waals surface area contributed by atoms with Gasteiger partial charge in [0.05, 0.1) is 11.4 Å². The van der Waals surface area contributed by atoms with Crippen molar-refractivity contribution in [3.8, 4) is 0 Å². The second-order valence-corrected chi connectivity index (χ2v) is 12.7. The van der Waals surface area contributed by atoms with E-state index >= 15 is 0 Å². The Morgan fingerprint density at radius 3 is 1.59 bits per heavy atom. The van der Waals surface area contributed by atoms with E-state index in [0.29, 0.717) is 22.7 Å². The predicted molar refractivity (Wildman–Crippen MR) is 183 cm³/mol. The molecular formula is C38H40N4O2. The van der Waals surface area contributed by atoms with Crippen molar-refractivity contribution in [1.29, 1.82) is 0 Å². The van der Waals surface area contributed by atoms with Crippen LogP contribution in [-0.4, -0.2) is 11.8 Å². The van der Waals surface area contributed by atoms with Gasteiger partial charge in [-0.1, -0.05) is 108 Å². The molecule has 4 rings (SSSR count). The Morgan fingerprint density at radius 2 is 1.09 bits per heavy atom. The number of hydrogen-bond donors (Lipinski definition) is 2. The molecule has 4 aromatic carbocycles. The maximum atomic E-state index is 12.9. The van der Waals surface area contributed by atoms with E-state index in [1.54, 1.807) is 30.4 Å². The molecule has 0 aliphatic rings. The van der Waals surface area contributed by atoms with E-state index in [9.17, 15) is 9.59 Å². The van der Waals surface area contributed by atoms with Crippen molar-refractivity contribution in [3.05, 3.63) is 131 Å². The van der Waals surface area contributed by atoms with Crippen LogP contribution in [0.3, 0.4) is 0 Å². The van der Waals surface area contributed by atoms with Crippen LogP contribution in [0.2, 0.25) is 0 Å². The molecule has 0 fully saturated rings. The summed E-state index contributed by atoms with van der Waals surface area (Å²) in [6, 6.07) is 30.7. The quantitative estimate of drug-likeness (QED) is 0.160. The van der Waals surface area contributed by atoms with Gasteiger partial charge in [-0.15, -0.1) is 5.11 Å². The molecule has 6 heteroatoms. The Balaban J connectivity index is 1.50. The summed E-state index contributed by atoms with van der Waals surface area (Å²) >= 11 is 0. The van der Waals surface area contributed by atoms with Crippen molar-refractivity contribution in [2.75, 3.05) is 10.6 Å². The average Bonchev–Trinajstić information content (AvgIpc) is 2.99. The molecular weight excluding hydrogens is 544 g/mol. The molecule has 2 N–H and O–H groups in total. The lowest BCUT2D eigenvalue weighted by Crippen LogP contribution is -2.11. The number of nitrogens with one attached hydrogen (secondary N) is 2. The predicted octanol–water partition coefficient (Wildman–Crippen LogP) is 10.0. The molecule has 0 bridgehead atoms. The van der Waals surface area contributed by atoms with E-state index in [-0.39, 0.29) is 22.6 Å². The summed E-state index contributed by atoms with van der Waals surface area (Å²) in [7, 11) is 0. The highest BCUT2D eigenvalue weighted by molar-refractivity contribution is 6.05. The molecule has 0 saturated heterocycles. The largest absolute Gasteiger partial charge is 0.322 e. The maximum absolute atomic E-state index is 12.9. The van der Waals surface area contributed by atoms with Gasteiger partial charge in [0.1, 0.15) is 5.69 Å². The highest BCUT2D eigenvalue weighted by Gasteiger charge is 2.14. The standard InChI is InChI=1S/C38H40N4O2/c1-37(2,3)29-18-12-27(13-19-29)16-24-35(43)39-32-22-23-33(42-41-31-10-8-7-9-11-31)34(26-32)40-36(44)25-17-28-14-20-30(21-15-28)38(4,5)6/h7-26H,1-6H3,(H,39,43)(H,40,44)/b24-16+,25-17+,42-41?. The SMILES string of the molecule is CC(C)(C)c1ccc(/C=C/C(=O)Nc2ccc(N=Nc3ccccc3)c(NC(=O)/C=C/c3ccc(C(C)(C)C)cc3)c2)cc1. The van der Waals surface area contributed by atoms with E-state index < -0.39 is 0 Å². The number of hydrogen-bond acceptors (Lipinski definition) is 4.